The van der Waals surface area contributed by atoms with E-state index in [1.165, 1.54) is 18.2 Å². The fraction of sp³-hybridized carbons (Fsp3) is 0.417. The van der Waals surface area contributed by atoms with E-state index < -0.39 is 20.8 Å². The molecule has 0 saturated heterocycles. The maximum absolute atomic E-state index is 12.0. The first kappa shape index (κ1) is 17.1. The highest BCUT2D eigenvalue weighted by molar-refractivity contribution is 7.89. The van der Waals surface area contributed by atoms with Gasteiger partial charge in [-0.05, 0) is 24.6 Å². The Bertz CT molecular complexity index is 653. The molecule has 0 aliphatic carbocycles. The number of halogens is 1. The standard InChI is InChI=1S/C12H15ClN2O3S2/c1-9(19(2)16)5-6-15-20(17,18)12-4-3-10(8-14)7-11(12)13/h3-4,7,9,15H,5-6H2,1-2H3/t9-,19-/m1/s1. The van der Waals surface area contributed by atoms with Crippen molar-refractivity contribution < 1.29 is 12.6 Å². The van der Waals surface area contributed by atoms with Gasteiger partial charge in [-0.1, -0.05) is 18.5 Å². The van der Waals surface area contributed by atoms with Crippen LogP contribution in [0.15, 0.2) is 23.1 Å². The molecule has 1 aromatic rings. The van der Waals surface area contributed by atoms with Crippen LogP contribution < -0.4 is 4.72 Å². The van der Waals surface area contributed by atoms with E-state index >= 15 is 0 Å². The zero-order valence-corrected chi connectivity index (χ0v) is 13.5. The van der Waals surface area contributed by atoms with E-state index in [1.807, 2.05) is 6.07 Å². The number of rotatable bonds is 6. The molecule has 2 atom stereocenters. The summed E-state index contributed by atoms with van der Waals surface area (Å²) in [4.78, 5) is -0.0663. The highest BCUT2D eigenvalue weighted by atomic mass is 35.5. The van der Waals surface area contributed by atoms with Crippen LogP contribution >= 0.6 is 11.6 Å². The van der Waals surface area contributed by atoms with Crippen molar-refractivity contribution in [1.29, 1.82) is 5.26 Å². The first-order valence-electron chi connectivity index (χ1n) is 5.79. The van der Waals surface area contributed by atoms with E-state index in [1.54, 1.807) is 13.2 Å². The van der Waals surface area contributed by atoms with Crippen LogP contribution in [-0.2, 0) is 20.8 Å². The van der Waals surface area contributed by atoms with Gasteiger partial charge in [-0.25, -0.2) is 13.1 Å². The zero-order valence-electron chi connectivity index (χ0n) is 11.1. The lowest BCUT2D eigenvalue weighted by molar-refractivity contribution is 0.578. The van der Waals surface area contributed by atoms with E-state index in [0.29, 0.717) is 12.0 Å². The summed E-state index contributed by atoms with van der Waals surface area (Å²) in [5.41, 5.74) is 0.295. The minimum atomic E-state index is -3.73. The number of nitrogens with one attached hydrogen (secondary N) is 1. The van der Waals surface area contributed by atoms with Crippen molar-refractivity contribution >= 4 is 32.4 Å². The average molecular weight is 335 g/mol. The Kier molecular flexibility index (Phi) is 6.14. The van der Waals surface area contributed by atoms with Crippen molar-refractivity contribution in [3.05, 3.63) is 28.8 Å². The van der Waals surface area contributed by atoms with Crippen LogP contribution in [0.5, 0.6) is 0 Å². The topological polar surface area (TPSA) is 87.0 Å². The summed E-state index contributed by atoms with van der Waals surface area (Å²) in [6.07, 6.45) is 2.05. The lowest BCUT2D eigenvalue weighted by Gasteiger charge is -2.11. The molecule has 1 N–H and O–H groups in total. The fourth-order valence-electron chi connectivity index (χ4n) is 1.43. The van der Waals surface area contributed by atoms with Gasteiger partial charge in [-0.2, -0.15) is 5.26 Å². The second-order valence-electron chi connectivity index (χ2n) is 4.25. The van der Waals surface area contributed by atoms with Gasteiger partial charge >= 0.3 is 0 Å². The predicted molar refractivity (Wildman–Crippen MR) is 79.5 cm³/mol. The van der Waals surface area contributed by atoms with Crippen LogP contribution in [0.3, 0.4) is 0 Å². The molecule has 0 bridgehead atoms. The van der Waals surface area contributed by atoms with E-state index in [9.17, 15) is 12.6 Å². The van der Waals surface area contributed by atoms with Crippen molar-refractivity contribution in [3.63, 3.8) is 0 Å². The molecule has 0 aliphatic heterocycles. The highest BCUT2D eigenvalue weighted by Crippen LogP contribution is 2.22. The summed E-state index contributed by atoms with van der Waals surface area (Å²) < 4.78 is 37.7. The molecule has 0 amide bonds. The van der Waals surface area contributed by atoms with Gasteiger partial charge in [0.1, 0.15) is 4.90 Å². The monoisotopic (exact) mass is 334 g/mol. The Labute approximate surface area is 126 Å². The van der Waals surface area contributed by atoms with E-state index in [0.717, 1.165) is 0 Å². The van der Waals surface area contributed by atoms with Gasteiger partial charge in [0.15, 0.2) is 0 Å². The van der Waals surface area contributed by atoms with Crippen molar-refractivity contribution in [2.45, 2.75) is 23.5 Å². The molecule has 0 radical (unpaired) electrons. The normalized spacial score (nSPS) is 14.5. The van der Waals surface area contributed by atoms with Gasteiger partial charge < -0.3 is 0 Å². The molecule has 5 nitrogen and oxygen atoms in total. The van der Waals surface area contributed by atoms with Gasteiger partial charge in [-0.3, -0.25) is 4.21 Å². The first-order chi connectivity index (χ1) is 9.27. The third-order valence-electron chi connectivity index (χ3n) is 2.76. The largest absolute Gasteiger partial charge is 0.260 e. The zero-order chi connectivity index (χ0) is 15.3. The highest BCUT2D eigenvalue weighted by Gasteiger charge is 2.18. The van der Waals surface area contributed by atoms with Crippen LogP contribution in [0.25, 0.3) is 0 Å². The van der Waals surface area contributed by atoms with Crippen LogP contribution in [-0.4, -0.2) is 30.7 Å². The van der Waals surface area contributed by atoms with Gasteiger partial charge in [0.25, 0.3) is 0 Å². The number of hydrogen-bond acceptors (Lipinski definition) is 4. The maximum Gasteiger partial charge on any atom is 0.242 e. The second-order valence-corrected chi connectivity index (χ2v) is 8.20. The number of hydrogen-bond donors (Lipinski definition) is 1. The summed E-state index contributed by atoms with van der Waals surface area (Å²) in [5, 5.41) is 8.62. The molecule has 1 rings (SSSR count). The molecular formula is C12H15ClN2O3S2. The molecule has 110 valence electrons. The molecular weight excluding hydrogens is 320 g/mol. The smallest absolute Gasteiger partial charge is 0.242 e. The van der Waals surface area contributed by atoms with Gasteiger partial charge in [-0.15, -0.1) is 0 Å². The third kappa shape index (κ3) is 4.56. The number of nitriles is 1. The SMILES string of the molecule is C[C@H](CCNS(=O)(=O)c1ccc(C#N)cc1Cl)[S@@](C)=O. The van der Waals surface area contributed by atoms with Crippen LogP contribution in [0.4, 0.5) is 0 Å². The Morgan fingerprint density at radius 2 is 2.15 bits per heavy atom. The summed E-state index contributed by atoms with van der Waals surface area (Å²) in [7, 11) is -4.72. The molecule has 20 heavy (non-hydrogen) atoms. The average Bonchev–Trinajstić information content (AvgIpc) is 2.37. The predicted octanol–water partition coefficient (Wildman–Crippen LogP) is 1.65. The van der Waals surface area contributed by atoms with Gasteiger partial charge in [0.05, 0.1) is 16.7 Å². The molecule has 0 spiro atoms. The summed E-state index contributed by atoms with van der Waals surface area (Å²) in [6.45, 7) is 1.97. The minimum absolute atomic E-state index is 0.00339. The third-order valence-corrected chi connectivity index (χ3v) is 6.07. The summed E-state index contributed by atoms with van der Waals surface area (Å²) >= 11 is 5.87. The van der Waals surface area contributed by atoms with Crippen molar-refractivity contribution in [2.24, 2.45) is 0 Å². The Morgan fingerprint density at radius 1 is 1.50 bits per heavy atom. The van der Waals surface area contributed by atoms with Crippen molar-refractivity contribution in [3.8, 4) is 6.07 Å². The lowest BCUT2D eigenvalue weighted by Crippen LogP contribution is -2.27. The Balaban J connectivity index is 2.80. The molecule has 8 heteroatoms. The van der Waals surface area contributed by atoms with Crippen LogP contribution in [0, 0.1) is 11.3 Å². The summed E-state index contributed by atoms with van der Waals surface area (Å²) in [5.74, 6) is 0. The maximum atomic E-state index is 12.0. The van der Waals surface area contributed by atoms with Crippen LogP contribution in [0.1, 0.15) is 18.9 Å². The number of nitrogens with zero attached hydrogens (tertiary/aromatic N) is 1. The fourth-order valence-corrected chi connectivity index (χ4v) is 3.47. The molecule has 0 saturated carbocycles. The van der Waals surface area contributed by atoms with Gasteiger partial charge in [0.2, 0.25) is 10.0 Å². The first-order valence-corrected chi connectivity index (χ1v) is 9.27. The number of benzene rings is 1. The van der Waals surface area contributed by atoms with E-state index in [2.05, 4.69) is 4.72 Å². The van der Waals surface area contributed by atoms with E-state index in [4.69, 9.17) is 16.9 Å². The molecule has 0 aliphatic rings. The molecule has 0 fully saturated rings. The molecule has 0 unspecified atom stereocenters. The van der Waals surface area contributed by atoms with Crippen LogP contribution in [0.2, 0.25) is 5.02 Å². The van der Waals surface area contributed by atoms with Crippen molar-refractivity contribution in [1.82, 2.24) is 4.72 Å². The lowest BCUT2D eigenvalue weighted by atomic mass is 10.2. The van der Waals surface area contributed by atoms with E-state index in [-0.39, 0.29) is 21.7 Å². The minimum Gasteiger partial charge on any atom is -0.260 e. The summed E-state index contributed by atoms with van der Waals surface area (Å²) in [6, 6.07) is 5.88. The molecule has 1 aromatic carbocycles. The Morgan fingerprint density at radius 3 is 2.65 bits per heavy atom. The van der Waals surface area contributed by atoms with Gasteiger partial charge in [0, 0.05) is 28.9 Å². The number of sulfonamides is 1. The molecule has 0 heterocycles. The quantitative estimate of drug-likeness (QED) is 0.856. The Hall–Kier alpha value is -0.940. The van der Waals surface area contributed by atoms with Crippen molar-refractivity contribution in [2.75, 3.05) is 12.8 Å². The molecule has 0 aromatic heterocycles. The second kappa shape index (κ2) is 7.18.